The monoisotopic (exact) mass is 369 g/mol. The molecule has 0 saturated heterocycles. The van der Waals surface area contributed by atoms with Crippen molar-refractivity contribution in [3.05, 3.63) is 35.5 Å². The SMILES string of the molecule is CCN(CC)C(=[SH+])[N-]N=Cc1ccccn1.[Cl][Cu][Cl]. The molecule has 0 aliphatic carbocycles. The molecule has 1 heterocycles. The number of rotatable bonds is 4. The average molecular weight is 371 g/mol. The topological polar surface area (TPSA) is 42.6 Å². The maximum absolute atomic E-state index is 4.67. The molecule has 0 aromatic carbocycles. The molecule has 0 aliphatic heterocycles. The Morgan fingerprint density at radius 3 is 2.58 bits per heavy atom. The van der Waals surface area contributed by atoms with Crippen LogP contribution >= 0.6 is 20.2 Å². The van der Waals surface area contributed by atoms with Crippen LogP contribution in [0.25, 0.3) is 5.43 Å². The molecule has 111 valence electrons. The van der Waals surface area contributed by atoms with E-state index in [1.165, 1.54) is 0 Å². The molecule has 1 aromatic rings. The Kier molecular flexibility index (Phi) is 12.6. The van der Waals surface area contributed by atoms with Gasteiger partial charge in [-0.25, -0.2) is 4.90 Å². The number of hydrogen-bond donors (Lipinski definition) is 0. The second-order valence-electron chi connectivity index (χ2n) is 3.11. The summed E-state index contributed by atoms with van der Waals surface area (Å²) in [6.45, 7) is 5.85. The minimum atomic E-state index is 0.622. The fraction of sp³-hybridized carbons (Fsp3) is 0.364. The van der Waals surface area contributed by atoms with Crippen LogP contribution in [0.3, 0.4) is 0 Å². The van der Waals surface area contributed by atoms with E-state index in [1.807, 2.05) is 23.1 Å². The van der Waals surface area contributed by atoms with Gasteiger partial charge >= 0.3 is 33.3 Å². The van der Waals surface area contributed by atoms with E-state index >= 15 is 0 Å². The standard InChI is InChI=1S/C11H16N4S.2ClH.Cu/c1-3-15(4-2)11(16)14-13-9-10-7-5-6-8-12-10;;;/h5-9H,3-4H2,1-2H3,(H,12,14,16);2*1H;/q;;;+2/p-2. The van der Waals surface area contributed by atoms with Gasteiger partial charge in [0, 0.05) is 25.5 Å². The van der Waals surface area contributed by atoms with Gasteiger partial charge in [-0.15, -0.1) is 0 Å². The first-order valence-electron chi connectivity index (χ1n) is 5.46. The van der Waals surface area contributed by atoms with Crippen LogP contribution in [0.2, 0.25) is 0 Å². The third kappa shape index (κ3) is 9.32. The Morgan fingerprint density at radius 2 is 2.11 bits per heavy atom. The average Bonchev–Trinajstić information content (AvgIpc) is 2.42. The van der Waals surface area contributed by atoms with Crippen LogP contribution < -0.4 is 0 Å². The summed E-state index contributed by atoms with van der Waals surface area (Å²) in [7, 11) is 9.34. The zero-order chi connectivity index (χ0) is 14.5. The van der Waals surface area contributed by atoms with Crippen molar-refractivity contribution in [2.45, 2.75) is 13.8 Å². The van der Waals surface area contributed by atoms with E-state index in [2.05, 4.69) is 61.8 Å². The van der Waals surface area contributed by atoms with E-state index in [1.54, 1.807) is 12.4 Å². The van der Waals surface area contributed by atoms with Crippen molar-refractivity contribution < 1.29 is 13.1 Å². The van der Waals surface area contributed by atoms with Gasteiger partial charge < -0.3 is 10.5 Å². The Bertz CT molecular complexity index is 374. The summed E-state index contributed by atoms with van der Waals surface area (Å²) in [5, 5.41) is 4.56. The van der Waals surface area contributed by atoms with Crippen molar-refractivity contribution >= 4 is 43.7 Å². The first-order chi connectivity index (χ1) is 9.19. The molecule has 0 fully saturated rings. The second-order valence-corrected chi connectivity index (χ2v) is 5.07. The van der Waals surface area contributed by atoms with Crippen molar-refractivity contribution in [1.29, 1.82) is 0 Å². The van der Waals surface area contributed by atoms with Crippen LogP contribution in [0.5, 0.6) is 0 Å². The summed E-state index contributed by atoms with van der Waals surface area (Å²) in [6, 6.07) is 5.64. The molecule has 0 radical (unpaired) electrons. The molecule has 0 bridgehead atoms. The van der Waals surface area contributed by atoms with Gasteiger partial charge in [-0.1, -0.05) is 19.9 Å². The summed E-state index contributed by atoms with van der Waals surface area (Å²) in [5.41, 5.74) is 4.78. The number of nitrogens with zero attached hydrogens (tertiary/aromatic N) is 4. The molecule has 0 aliphatic rings. The van der Waals surface area contributed by atoms with Gasteiger partial charge in [0.1, 0.15) is 0 Å². The number of thiol groups is 1. The molecular formula is C11H16Cl2CuN4S. The van der Waals surface area contributed by atoms with Crippen LogP contribution in [-0.4, -0.2) is 34.3 Å². The first kappa shape index (κ1) is 18.8. The van der Waals surface area contributed by atoms with Gasteiger partial charge in [-0.3, -0.25) is 4.98 Å². The van der Waals surface area contributed by atoms with Gasteiger partial charge in [0.2, 0.25) is 0 Å². The molecule has 1 rings (SSSR count). The number of pyridine rings is 1. The van der Waals surface area contributed by atoms with Gasteiger partial charge in [0.15, 0.2) is 17.3 Å². The van der Waals surface area contributed by atoms with Crippen LogP contribution in [0.15, 0.2) is 29.5 Å². The molecule has 0 saturated carbocycles. The summed E-state index contributed by atoms with van der Waals surface area (Å²) < 4.78 is 0. The molecule has 8 heteroatoms. The third-order valence-electron chi connectivity index (χ3n) is 2.07. The fourth-order valence-corrected chi connectivity index (χ4v) is 1.50. The summed E-state index contributed by atoms with van der Waals surface area (Å²) in [4.78, 5) is 6.12. The van der Waals surface area contributed by atoms with Crippen LogP contribution in [0, 0.1) is 0 Å². The Balaban J connectivity index is 0.000000982. The van der Waals surface area contributed by atoms with E-state index in [0.29, 0.717) is 5.11 Å². The van der Waals surface area contributed by atoms with Gasteiger partial charge in [0.05, 0.1) is 5.69 Å². The summed E-state index contributed by atoms with van der Waals surface area (Å²) >= 11 is 5.03. The first-order valence-corrected chi connectivity index (χ1v) is 8.50. The quantitative estimate of drug-likeness (QED) is 0.204. The van der Waals surface area contributed by atoms with Crippen LogP contribution in [0.1, 0.15) is 19.5 Å². The van der Waals surface area contributed by atoms with Gasteiger partial charge in [-0.2, -0.15) is 0 Å². The van der Waals surface area contributed by atoms with E-state index in [9.17, 15) is 0 Å². The summed E-state index contributed by atoms with van der Waals surface area (Å²) in [5.74, 6) is 0. The number of aromatic nitrogens is 1. The molecule has 1 aromatic heterocycles. The normalized spacial score (nSPS) is 10.4. The van der Waals surface area contributed by atoms with Gasteiger partial charge in [-0.05, 0) is 12.1 Å². The van der Waals surface area contributed by atoms with E-state index < -0.39 is 0 Å². The van der Waals surface area contributed by atoms with Gasteiger partial charge in [0.25, 0.3) is 0 Å². The zero-order valence-corrected chi connectivity index (χ0v) is 13.9. The van der Waals surface area contributed by atoms with Crippen molar-refractivity contribution in [3.63, 3.8) is 0 Å². The molecule has 0 spiro atoms. The third-order valence-corrected chi connectivity index (χ3v) is 2.44. The van der Waals surface area contributed by atoms with Crippen LogP contribution in [0.4, 0.5) is 0 Å². The molecule has 19 heavy (non-hydrogen) atoms. The number of halogens is 2. The minimum absolute atomic E-state index is 0.622. The van der Waals surface area contributed by atoms with E-state index in [0.717, 1.165) is 31.9 Å². The van der Waals surface area contributed by atoms with E-state index in [-0.39, 0.29) is 0 Å². The molecule has 0 amide bonds. The molecule has 0 N–H and O–H groups in total. The zero-order valence-electron chi connectivity index (χ0n) is 10.6. The Hall–Kier alpha value is -0.231. The predicted molar refractivity (Wildman–Crippen MR) is 83.6 cm³/mol. The van der Waals surface area contributed by atoms with Crippen molar-refractivity contribution in [1.82, 2.24) is 9.88 Å². The van der Waals surface area contributed by atoms with Crippen molar-refractivity contribution in [2.24, 2.45) is 5.10 Å². The molecule has 0 atom stereocenters. The number of hydrogen-bond acceptors (Lipinski definition) is 2. The predicted octanol–water partition coefficient (Wildman–Crippen LogP) is 2.87. The molecule has 4 nitrogen and oxygen atoms in total. The van der Waals surface area contributed by atoms with Crippen molar-refractivity contribution in [2.75, 3.05) is 13.1 Å². The fourth-order valence-electron chi connectivity index (χ4n) is 1.16. The van der Waals surface area contributed by atoms with E-state index in [4.69, 9.17) is 0 Å². The summed E-state index contributed by atoms with van der Waals surface area (Å²) in [6.07, 6.45) is 3.33. The molecular weight excluding hydrogens is 355 g/mol. The Labute approximate surface area is 134 Å². The maximum atomic E-state index is 4.67. The van der Waals surface area contributed by atoms with Crippen molar-refractivity contribution in [3.8, 4) is 0 Å². The Morgan fingerprint density at radius 1 is 1.47 bits per heavy atom. The second kappa shape index (κ2) is 12.8. The molecule has 0 unspecified atom stereocenters. The van der Waals surface area contributed by atoms with Crippen LogP contribution in [-0.2, 0) is 25.4 Å².